The van der Waals surface area contributed by atoms with E-state index in [1.54, 1.807) is 0 Å². The van der Waals surface area contributed by atoms with Crippen molar-refractivity contribution in [2.75, 3.05) is 0 Å². The molecule has 2 fully saturated rings. The molecule has 14 heavy (non-hydrogen) atoms. The lowest BCUT2D eigenvalue weighted by atomic mass is 9.32. The number of hydrogen-bond acceptors (Lipinski definition) is 0. The standard InChI is InChI=1S/C14H26/c1-6-10(4)14-8-7-12(14)11(5)13(14)9(2)3/h9-13H,6-8H2,1-5H3. The molecule has 5 unspecified atom stereocenters. The van der Waals surface area contributed by atoms with E-state index in [4.69, 9.17) is 0 Å². The second-order valence-electron chi connectivity index (χ2n) is 6.20. The minimum atomic E-state index is 0.780. The SMILES string of the molecule is CCC(C)C12CCC1C(C)C2C(C)C. The first kappa shape index (κ1) is 10.5. The van der Waals surface area contributed by atoms with Crippen molar-refractivity contribution in [1.29, 1.82) is 0 Å². The monoisotopic (exact) mass is 194 g/mol. The molecule has 82 valence electrons. The molecule has 2 aliphatic carbocycles. The van der Waals surface area contributed by atoms with Gasteiger partial charge in [0.25, 0.3) is 0 Å². The van der Waals surface area contributed by atoms with Gasteiger partial charge in [-0.2, -0.15) is 0 Å². The third-order valence-corrected chi connectivity index (χ3v) is 5.65. The maximum Gasteiger partial charge on any atom is -0.0207 e. The van der Waals surface area contributed by atoms with Crippen molar-refractivity contribution in [2.45, 2.75) is 53.9 Å². The molecule has 5 atom stereocenters. The molecule has 0 amide bonds. The molecule has 0 nitrogen and oxygen atoms in total. The highest BCUT2D eigenvalue weighted by atomic mass is 14.7. The molecule has 0 spiro atoms. The fraction of sp³-hybridized carbons (Fsp3) is 1.00. The fourth-order valence-corrected chi connectivity index (χ4v) is 4.98. The van der Waals surface area contributed by atoms with Gasteiger partial charge in [0.2, 0.25) is 0 Å². The van der Waals surface area contributed by atoms with Gasteiger partial charge < -0.3 is 0 Å². The third-order valence-electron chi connectivity index (χ3n) is 5.65. The van der Waals surface area contributed by atoms with Crippen molar-refractivity contribution in [1.82, 2.24) is 0 Å². The molecule has 2 aliphatic rings. The van der Waals surface area contributed by atoms with Crippen molar-refractivity contribution >= 4 is 0 Å². The van der Waals surface area contributed by atoms with Gasteiger partial charge in [-0.1, -0.05) is 41.0 Å². The van der Waals surface area contributed by atoms with Crippen LogP contribution in [0.1, 0.15) is 53.9 Å². The molecule has 0 heteroatoms. The van der Waals surface area contributed by atoms with Crippen LogP contribution >= 0.6 is 0 Å². The van der Waals surface area contributed by atoms with Crippen LogP contribution in [0.4, 0.5) is 0 Å². The van der Waals surface area contributed by atoms with E-state index in [0.717, 1.165) is 35.0 Å². The third kappa shape index (κ3) is 1.01. The van der Waals surface area contributed by atoms with E-state index in [1.807, 2.05) is 0 Å². The van der Waals surface area contributed by atoms with Gasteiger partial charge in [0.15, 0.2) is 0 Å². The largest absolute Gasteiger partial charge is 0.0651 e. The lowest BCUT2D eigenvalue weighted by Crippen LogP contribution is -2.66. The first-order chi connectivity index (χ1) is 6.55. The predicted molar refractivity (Wildman–Crippen MR) is 62.1 cm³/mol. The molecule has 0 heterocycles. The Morgan fingerprint density at radius 1 is 1.29 bits per heavy atom. The van der Waals surface area contributed by atoms with Crippen LogP contribution in [0, 0.1) is 35.0 Å². The summed E-state index contributed by atoms with van der Waals surface area (Å²) in [7, 11) is 0. The smallest absolute Gasteiger partial charge is 0.0207 e. The number of hydrogen-bond donors (Lipinski definition) is 0. The minimum absolute atomic E-state index is 0.780. The Balaban J connectivity index is 2.17. The molecule has 0 N–H and O–H groups in total. The minimum Gasteiger partial charge on any atom is -0.0651 e. The summed E-state index contributed by atoms with van der Waals surface area (Å²) in [6, 6.07) is 0. The van der Waals surface area contributed by atoms with E-state index < -0.39 is 0 Å². The van der Waals surface area contributed by atoms with Crippen molar-refractivity contribution in [2.24, 2.45) is 35.0 Å². The second kappa shape index (κ2) is 3.25. The Kier molecular flexibility index (Phi) is 2.44. The van der Waals surface area contributed by atoms with Crippen LogP contribution in [0.25, 0.3) is 0 Å². The van der Waals surface area contributed by atoms with Crippen LogP contribution in [-0.2, 0) is 0 Å². The van der Waals surface area contributed by atoms with Crippen LogP contribution < -0.4 is 0 Å². The fourth-order valence-electron chi connectivity index (χ4n) is 4.98. The lowest BCUT2D eigenvalue weighted by Gasteiger charge is -2.72. The predicted octanol–water partition coefficient (Wildman–Crippen LogP) is 4.35. The highest BCUT2D eigenvalue weighted by Gasteiger charge is 2.66. The molecular weight excluding hydrogens is 168 g/mol. The van der Waals surface area contributed by atoms with E-state index in [0.29, 0.717) is 0 Å². The summed E-state index contributed by atoms with van der Waals surface area (Å²) in [5.74, 6) is 4.99. The van der Waals surface area contributed by atoms with Gasteiger partial charge in [0, 0.05) is 0 Å². The van der Waals surface area contributed by atoms with Gasteiger partial charge in [0.05, 0.1) is 0 Å². The molecule has 0 aliphatic heterocycles. The van der Waals surface area contributed by atoms with Crippen molar-refractivity contribution in [3.8, 4) is 0 Å². The van der Waals surface area contributed by atoms with Crippen LogP contribution in [0.3, 0.4) is 0 Å². The van der Waals surface area contributed by atoms with Crippen LogP contribution in [0.15, 0.2) is 0 Å². The first-order valence-corrected chi connectivity index (χ1v) is 6.55. The molecule has 0 aromatic rings. The Labute approximate surface area is 89.5 Å². The molecule has 0 saturated heterocycles. The van der Waals surface area contributed by atoms with E-state index in [1.165, 1.54) is 19.3 Å². The number of rotatable bonds is 3. The molecule has 0 aromatic carbocycles. The van der Waals surface area contributed by atoms with Crippen molar-refractivity contribution in [3.05, 3.63) is 0 Å². The van der Waals surface area contributed by atoms with Crippen molar-refractivity contribution in [3.63, 3.8) is 0 Å². The quantitative estimate of drug-likeness (QED) is 0.626. The summed E-state index contributed by atoms with van der Waals surface area (Å²) in [6.45, 7) is 12.2. The summed E-state index contributed by atoms with van der Waals surface area (Å²) >= 11 is 0. The summed E-state index contributed by atoms with van der Waals surface area (Å²) in [5, 5.41) is 0. The highest BCUT2D eigenvalue weighted by molar-refractivity contribution is 5.14. The van der Waals surface area contributed by atoms with Gasteiger partial charge in [0.1, 0.15) is 0 Å². The molecule has 2 rings (SSSR count). The van der Waals surface area contributed by atoms with Crippen LogP contribution in [-0.4, -0.2) is 0 Å². The summed E-state index contributed by atoms with van der Waals surface area (Å²) in [6.07, 6.45) is 4.43. The zero-order chi connectivity index (χ0) is 10.5. The normalized spacial score (nSPS) is 48.0. The topological polar surface area (TPSA) is 0 Å². The van der Waals surface area contributed by atoms with Gasteiger partial charge in [-0.15, -0.1) is 0 Å². The molecule has 0 radical (unpaired) electrons. The van der Waals surface area contributed by atoms with Crippen LogP contribution in [0.2, 0.25) is 0 Å². The van der Waals surface area contributed by atoms with Gasteiger partial charge in [-0.05, 0) is 47.8 Å². The Morgan fingerprint density at radius 3 is 2.29 bits per heavy atom. The average Bonchev–Trinajstić information content (AvgIpc) is 2.09. The van der Waals surface area contributed by atoms with Crippen molar-refractivity contribution < 1.29 is 0 Å². The lowest BCUT2D eigenvalue weighted by molar-refractivity contribution is -0.241. The Bertz CT molecular complexity index is 212. The first-order valence-electron chi connectivity index (χ1n) is 6.55. The summed E-state index contributed by atoms with van der Waals surface area (Å²) in [5.41, 5.74) is 0.780. The van der Waals surface area contributed by atoms with E-state index in [2.05, 4.69) is 34.6 Å². The maximum atomic E-state index is 2.50. The molecule has 0 bridgehead atoms. The van der Waals surface area contributed by atoms with Gasteiger partial charge in [-0.25, -0.2) is 0 Å². The Hall–Kier alpha value is 0. The number of fused-ring (bicyclic) bond motifs is 1. The molecular formula is C14H26. The summed E-state index contributed by atoms with van der Waals surface area (Å²) < 4.78 is 0. The Morgan fingerprint density at radius 2 is 1.93 bits per heavy atom. The molecule has 2 saturated carbocycles. The van der Waals surface area contributed by atoms with E-state index in [9.17, 15) is 0 Å². The highest BCUT2D eigenvalue weighted by Crippen LogP contribution is 2.73. The zero-order valence-electron chi connectivity index (χ0n) is 10.5. The van der Waals surface area contributed by atoms with Gasteiger partial charge in [-0.3, -0.25) is 0 Å². The van der Waals surface area contributed by atoms with E-state index in [-0.39, 0.29) is 0 Å². The van der Waals surface area contributed by atoms with E-state index >= 15 is 0 Å². The summed E-state index contributed by atoms with van der Waals surface area (Å²) in [4.78, 5) is 0. The maximum absolute atomic E-state index is 2.50. The second-order valence-corrected chi connectivity index (χ2v) is 6.20. The zero-order valence-corrected chi connectivity index (χ0v) is 10.5. The van der Waals surface area contributed by atoms with Crippen LogP contribution in [0.5, 0.6) is 0 Å². The van der Waals surface area contributed by atoms with Gasteiger partial charge >= 0.3 is 0 Å². The molecule has 0 aromatic heterocycles. The average molecular weight is 194 g/mol.